The molecule has 5 rings (SSSR count). The number of nitrogens with zero attached hydrogens (tertiary/aromatic N) is 1. The summed E-state index contributed by atoms with van der Waals surface area (Å²) in [5.74, 6) is -7.35. The second-order valence-corrected chi connectivity index (χ2v) is 10.7. The number of ketones is 2. The molecule has 0 radical (unpaired) electrons. The van der Waals surface area contributed by atoms with Crippen molar-refractivity contribution in [2.45, 2.75) is 31.0 Å². The number of aromatic hydroxyl groups is 1. The van der Waals surface area contributed by atoms with Crippen molar-refractivity contribution < 1.29 is 34.8 Å². The number of rotatable bonds is 3. The minimum Gasteiger partial charge on any atom is -0.507 e. The van der Waals surface area contributed by atoms with Gasteiger partial charge in [0.2, 0.25) is 11.7 Å². The van der Waals surface area contributed by atoms with Crippen LogP contribution in [0.3, 0.4) is 0 Å². The van der Waals surface area contributed by atoms with Crippen molar-refractivity contribution in [1.82, 2.24) is 0 Å². The van der Waals surface area contributed by atoms with Crippen LogP contribution in [0.15, 0.2) is 35.9 Å². The summed E-state index contributed by atoms with van der Waals surface area (Å²) in [6.07, 6.45) is -1.22. The van der Waals surface area contributed by atoms with Crippen molar-refractivity contribution in [1.29, 1.82) is 0 Å². The van der Waals surface area contributed by atoms with Crippen LogP contribution in [-0.2, 0) is 20.8 Å². The van der Waals surface area contributed by atoms with Gasteiger partial charge in [-0.15, -0.1) is 0 Å². The standard InChI is InChI=1S/C27H27ClN2O7/c1-30(2)17-10-15(11-3-5-14(28)6-4-11)22(32)20-16(17)8-12-7-13-9-18(31)21(26(29)36)25(35)27(13,37)24(34)19(12)23(20)33/h3-6,10,12-13,18,21,31-33,37H,7-9H2,1-2H3,(H2,29,36)/t12-,13+,18?,21?,27+/m1/s1. The van der Waals surface area contributed by atoms with E-state index in [0.717, 1.165) is 0 Å². The summed E-state index contributed by atoms with van der Waals surface area (Å²) in [7, 11) is 3.64. The number of aliphatic hydroxyl groups is 3. The highest BCUT2D eigenvalue weighted by Gasteiger charge is 2.64. The number of halogens is 1. The Morgan fingerprint density at radius 1 is 1.14 bits per heavy atom. The van der Waals surface area contributed by atoms with Crippen molar-refractivity contribution >= 4 is 40.5 Å². The molecule has 2 aromatic rings. The quantitative estimate of drug-likeness (QED) is 0.379. The summed E-state index contributed by atoms with van der Waals surface area (Å²) in [5, 5.41) is 45.1. The summed E-state index contributed by atoms with van der Waals surface area (Å²) in [4.78, 5) is 40.6. The molecule has 1 amide bonds. The number of Topliss-reactive ketones (excluding diaryl/α,β-unsaturated/α-hetero) is 2. The van der Waals surface area contributed by atoms with E-state index in [1.165, 1.54) is 0 Å². The van der Waals surface area contributed by atoms with E-state index in [9.17, 15) is 34.8 Å². The van der Waals surface area contributed by atoms with Gasteiger partial charge in [-0.2, -0.15) is 0 Å². The molecule has 37 heavy (non-hydrogen) atoms. The average Bonchev–Trinajstić information content (AvgIpc) is 2.82. The van der Waals surface area contributed by atoms with Crippen molar-refractivity contribution in [3.63, 3.8) is 0 Å². The number of hydrogen-bond acceptors (Lipinski definition) is 8. The maximum absolute atomic E-state index is 13.7. The number of amides is 1. The third kappa shape index (κ3) is 3.56. The van der Waals surface area contributed by atoms with Gasteiger partial charge in [-0.1, -0.05) is 23.7 Å². The Morgan fingerprint density at radius 2 is 1.78 bits per heavy atom. The normalized spacial score (nSPS) is 28.9. The molecule has 3 aliphatic carbocycles. The highest BCUT2D eigenvalue weighted by molar-refractivity contribution is 6.30. The number of hydrogen-bond donors (Lipinski definition) is 5. The number of carbonyl (C=O) groups excluding carboxylic acids is 3. The zero-order chi connectivity index (χ0) is 27.0. The van der Waals surface area contributed by atoms with Crippen LogP contribution in [0.2, 0.25) is 5.02 Å². The maximum atomic E-state index is 13.7. The van der Waals surface area contributed by atoms with Gasteiger partial charge in [0.15, 0.2) is 11.4 Å². The molecular formula is C27H27ClN2O7. The molecule has 0 aromatic heterocycles. The SMILES string of the molecule is CN(C)c1cc(-c2ccc(Cl)cc2)c(O)c2c1C[C@H]1C[C@H]3CC(O)C(C(N)=O)C(=O)[C@@]3(O)C(=O)C1=C2O. The molecule has 0 aliphatic heterocycles. The highest BCUT2D eigenvalue weighted by atomic mass is 35.5. The Bertz CT molecular complexity index is 1380. The molecule has 9 nitrogen and oxygen atoms in total. The number of phenols is 1. The molecule has 2 aromatic carbocycles. The fraction of sp³-hybridized carbons (Fsp3) is 0.370. The molecule has 2 saturated carbocycles. The molecule has 3 aliphatic rings. The zero-order valence-electron chi connectivity index (χ0n) is 20.2. The second-order valence-electron chi connectivity index (χ2n) is 10.3. The summed E-state index contributed by atoms with van der Waals surface area (Å²) >= 11 is 6.02. The molecule has 194 valence electrons. The fourth-order valence-corrected chi connectivity index (χ4v) is 6.35. The number of phenolic OH excluding ortho intramolecular Hbond substituents is 1. The van der Waals surface area contributed by atoms with Gasteiger partial charge in [0.05, 0.1) is 11.7 Å². The number of primary amides is 1. The van der Waals surface area contributed by atoms with Crippen molar-refractivity contribution in [2.24, 2.45) is 23.5 Å². The van der Waals surface area contributed by atoms with E-state index in [-0.39, 0.29) is 36.1 Å². The van der Waals surface area contributed by atoms with Gasteiger partial charge < -0.3 is 31.1 Å². The molecule has 0 bridgehead atoms. The van der Waals surface area contributed by atoms with Crippen LogP contribution >= 0.6 is 11.6 Å². The van der Waals surface area contributed by atoms with Gasteiger partial charge in [0.1, 0.15) is 17.4 Å². The van der Waals surface area contributed by atoms with Gasteiger partial charge in [-0.25, -0.2) is 0 Å². The molecule has 5 atom stereocenters. The number of aliphatic hydroxyl groups excluding tert-OH is 2. The van der Waals surface area contributed by atoms with Crippen molar-refractivity contribution in [3.05, 3.63) is 52.1 Å². The lowest BCUT2D eigenvalue weighted by Gasteiger charge is -2.48. The van der Waals surface area contributed by atoms with E-state index in [4.69, 9.17) is 17.3 Å². The zero-order valence-corrected chi connectivity index (χ0v) is 21.0. The maximum Gasteiger partial charge on any atom is 0.230 e. The van der Waals surface area contributed by atoms with E-state index in [1.54, 1.807) is 30.3 Å². The third-order valence-corrected chi connectivity index (χ3v) is 8.25. The predicted octanol–water partition coefficient (Wildman–Crippen LogP) is 1.98. The smallest absolute Gasteiger partial charge is 0.230 e. The first-order chi connectivity index (χ1) is 17.4. The lowest BCUT2D eigenvalue weighted by molar-refractivity contribution is -0.174. The van der Waals surface area contributed by atoms with Crippen LogP contribution in [0, 0.1) is 17.8 Å². The van der Waals surface area contributed by atoms with Gasteiger partial charge >= 0.3 is 0 Å². The monoisotopic (exact) mass is 526 g/mol. The molecule has 2 unspecified atom stereocenters. The molecular weight excluding hydrogens is 500 g/mol. The molecule has 0 heterocycles. The van der Waals surface area contributed by atoms with Gasteiger partial charge in [0.25, 0.3) is 0 Å². The van der Waals surface area contributed by atoms with Crippen molar-refractivity contribution in [2.75, 3.05) is 19.0 Å². The van der Waals surface area contributed by atoms with Gasteiger partial charge in [-0.3, -0.25) is 14.4 Å². The Hall–Kier alpha value is -3.40. The summed E-state index contributed by atoms with van der Waals surface area (Å²) in [6, 6.07) is 8.56. The number of carbonyl (C=O) groups is 3. The summed E-state index contributed by atoms with van der Waals surface area (Å²) in [6.45, 7) is 0. The first-order valence-corrected chi connectivity index (χ1v) is 12.3. The molecule has 2 fully saturated rings. The van der Waals surface area contributed by atoms with Crippen LogP contribution in [0.4, 0.5) is 5.69 Å². The van der Waals surface area contributed by atoms with Crippen LogP contribution in [0.25, 0.3) is 16.9 Å². The van der Waals surface area contributed by atoms with E-state index in [0.29, 0.717) is 27.4 Å². The Balaban J connectivity index is 1.71. The number of anilines is 1. The summed E-state index contributed by atoms with van der Waals surface area (Å²) < 4.78 is 0. The Morgan fingerprint density at radius 3 is 2.38 bits per heavy atom. The molecule has 0 spiro atoms. The van der Waals surface area contributed by atoms with Gasteiger partial charge in [-0.05, 0) is 54.5 Å². The first kappa shape index (κ1) is 25.3. The van der Waals surface area contributed by atoms with Gasteiger partial charge in [0, 0.05) is 41.9 Å². The summed E-state index contributed by atoms with van der Waals surface area (Å²) in [5.41, 5.74) is 4.91. The Kier molecular flexibility index (Phi) is 5.86. The van der Waals surface area contributed by atoms with Crippen LogP contribution in [0.1, 0.15) is 24.0 Å². The minimum atomic E-state index is -2.61. The predicted molar refractivity (Wildman–Crippen MR) is 136 cm³/mol. The molecule has 10 heteroatoms. The van der Waals surface area contributed by atoms with E-state index in [2.05, 4.69) is 0 Å². The lowest BCUT2D eigenvalue weighted by atomic mass is 9.56. The van der Waals surface area contributed by atoms with E-state index >= 15 is 0 Å². The number of fused-ring (bicyclic) bond motifs is 3. The van der Waals surface area contributed by atoms with Crippen LogP contribution in [0.5, 0.6) is 5.75 Å². The largest absolute Gasteiger partial charge is 0.507 e. The average molecular weight is 527 g/mol. The molecule has 6 N–H and O–H groups in total. The van der Waals surface area contributed by atoms with E-state index < -0.39 is 52.7 Å². The van der Waals surface area contributed by atoms with E-state index in [1.807, 2.05) is 19.0 Å². The second kappa shape index (κ2) is 8.58. The van der Waals surface area contributed by atoms with Crippen molar-refractivity contribution in [3.8, 4) is 16.9 Å². The molecule has 0 saturated heterocycles. The minimum absolute atomic E-state index is 0.0487. The topological polar surface area (TPSA) is 161 Å². The number of nitrogens with two attached hydrogens (primary N) is 1. The lowest BCUT2D eigenvalue weighted by Crippen LogP contribution is -2.66. The van der Waals surface area contributed by atoms with Crippen LogP contribution in [-0.4, -0.2) is 63.7 Å². The fourth-order valence-electron chi connectivity index (χ4n) is 6.22. The van der Waals surface area contributed by atoms with Crippen LogP contribution < -0.4 is 10.6 Å². The Labute approximate surface area is 217 Å². The third-order valence-electron chi connectivity index (χ3n) is 8.00. The highest BCUT2D eigenvalue weighted by Crippen LogP contribution is 2.54. The first-order valence-electron chi connectivity index (χ1n) is 11.9. The number of benzene rings is 2.